The van der Waals surface area contributed by atoms with Crippen LogP contribution in [0, 0.1) is 10.5 Å². The molecule has 2 nitrogen and oxygen atoms in total. The SMILES string of the molecule is CCCN1c2ccc(C=Nc3ccc(I)c(C)c3)cc2C(C)=CC1(C)C. The van der Waals surface area contributed by atoms with Gasteiger partial charge in [0.25, 0.3) is 0 Å². The lowest BCUT2D eigenvalue weighted by Gasteiger charge is -2.43. The lowest BCUT2D eigenvalue weighted by atomic mass is 9.88. The van der Waals surface area contributed by atoms with Gasteiger partial charge in [-0.2, -0.15) is 0 Å². The fourth-order valence-corrected chi connectivity index (χ4v) is 4.01. The molecular formula is C23H27IN2. The predicted octanol–water partition coefficient (Wildman–Crippen LogP) is 6.76. The fourth-order valence-electron chi connectivity index (χ4n) is 3.67. The lowest BCUT2D eigenvalue weighted by Crippen LogP contribution is -2.45. The van der Waals surface area contributed by atoms with Crippen molar-refractivity contribution in [2.75, 3.05) is 11.4 Å². The first-order chi connectivity index (χ1) is 12.3. The van der Waals surface area contributed by atoms with Crippen LogP contribution in [-0.4, -0.2) is 18.3 Å². The summed E-state index contributed by atoms with van der Waals surface area (Å²) in [5.41, 5.74) is 7.46. The van der Waals surface area contributed by atoms with Crippen molar-refractivity contribution < 1.29 is 0 Å². The maximum absolute atomic E-state index is 4.67. The van der Waals surface area contributed by atoms with Crippen molar-refractivity contribution >= 4 is 45.8 Å². The number of rotatable bonds is 4. The first kappa shape index (κ1) is 19.2. The Morgan fingerprint density at radius 2 is 1.88 bits per heavy atom. The van der Waals surface area contributed by atoms with Gasteiger partial charge in [-0.05, 0) is 104 Å². The molecule has 0 amide bonds. The zero-order valence-corrected chi connectivity index (χ0v) is 18.5. The monoisotopic (exact) mass is 458 g/mol. The van der Waals surface area contributed by atoms with Gasteiger partial charge in [-0.1, -0.05) is 19.1 Å². The van der Waals surface area contributed by atoms with E-state index < -0.39 is 0 Å². The van der Waals surface area contributed by atoms with Crippen LogP contribution in [0.15, 0.2) is 47.5 Å². The van der Waals surface area contributed by atoms with Gasteiger partial charge in [0, 0.05) is 27.6 Å². The molecule has 0 saturated carbocycles. The molecule has 0 aromatic heterocycles. The van der Waals surface area contributed by atoms with E-state index in [2.05, 4.69) is 110 Å². The molecular weight excluding hydrogens is 431 g/mol. The Bertz CT molecular complexity index is 878. The Hall–Kier alpha value is -1.62. The number of hydrogen-bond donors (Lipinski definition) is 0. The van der Waals surface area contributed by atoms with Gasteiger partial charge in [-0.3, -0.25) is 4.99 Å². The Kier molecular flexibility index (Phi) is 5.56. The maximum atomic E-state index is 4.67. The highest BCUT2D eigenvalue weighted by Crippen LogP contribution is 2.39. The number of aryl methyl sites for hydroxylation is 1. The predicted molar refractivity (Wildman–Crippen MR) is 123 cm³/mol. The third-order valence-electron chi connectivity index (χ3n) is 4.95. The molecule has 1 aliphatic heterocycles. The number of aliphatic imine (C=N–C) groups is 1. The van der Waals surface area contributed by atoms with Crippen LogP contribution in [-0.2, 0) is 0 Å². The number of hydrogen-bond acceptors (Lipinski definition) is 2. The molecule has 3 rings (SSSR count). The standard InChI is InChI=1S/C23H27IN2/c1-6-11-26-22-10-7-18(13-20(22)17(3)14-23(26,4)5)15-25-19-8-9-21(24)16(2)12-19/h7-10,12-15H,6,11H2,1-5H3. The van der Waals surface area contributed by atoms with E-state index in [0.29, 0.717) is 0 Å². The van der Waals surface area contributed by atoms with Crippen LogP contribution in [0.1, 0.15) is 50.8 Å². The van der Waals surface area contributed by atoms with Crippen molar-refractivity contribution in [1.82, 2.24) is 0 Å². The van der Waals surface area contributed by atoms with E-state index in [9.17, 15) is 0 Å². The first-order valence-electron chi connectivity index (χ1n) is 9.23. The summed E-state index contributed by atoms with van der Waals surface area (Å²) in [6, 6.07) is 13.0. The third-order valence-corrected chi connectivity index (χ3v) is 6.16. The second-order valence-electron chi connectivity index (χ2n) is 7.60. The molecule has 0 radical (unpaired) electrons. The molecule has 0 saturated heterocycles. The van der Waals surface area contributed by atoms with E-state index >= 15 is 0 Å². The van der Waals surface area contributed by atoms with Gasteiger partial charge < -0.3 is 4.90 Å². The second-order valence-corrected chi connectivity index (χ2v) is 8.76. The molecule has 0 atom stereocenters. The van der Waals surface area contributed by atoms with Gasteiger partial charge in [-0.25, -0.2) is 0 Å². The van der Waals surface area contributed by atoms with Crippen LogP contribution in [0.2, 0.25) is 0 Å². The molecule has 1 aliphatic rings. The number of anilines is 1. The average molecular weight is 458 g/mol. The second kappa shape index (κ2) is 7.55. The highest BCUT2D eigenvalue weighted by atomic mass is 127. The van der Waals surface area contributed by atoms with E-state index in [1.54, 1.807) is 0 Å². The molecule has 1 heterocycles. The van der Waals surface area contributed by atoms with Crippen LogP contribution in [0.25, 0.3) is 5.57 Å². The van der Waals surface area contributed by atoms with E-state index in [0.717, 1.165) is 24.2 Å². The van der Waals surface area contributed by atoms with Crippen LogP contribution >= 0.6 is 22.6 Å². The Labute approximate surface area is 171 Å². The molecule has 3 heteroatoms. The van der Waals surface area contributed by atoms with Crippen molar-refractivity contribution in [3.05, 3.63) is 62.7 Å². The van der Waals surface area contributed by atoms with E-state index in [1.807, 2.05) is 6.21 Å². The minimum atomic E-state index is 0.0570. The van der Waals surface area contributed by atoms with E-state index in [1.165, 1.54) is 26.0 Å². The first-order valence-corrected chi connectivity index (χ1v) is 10.3. The van der Waals surface area contributed by atoms with Gasteiger partial charge >= 0.3 is 0 Å². The molecule has 26 heavy (non-hydrogen) atoms. The quantitative estimate of drug-likeness (QED) is 0.365. The number of halogens is 1. The number of nitrogens with zero attached hydrogens (tertiary/aromatic N) is 2. The molecule has 0 unspecified atom stereocenters. The highest BCUT2D eigenvalue weighted by Gasteiger charge is 2.30. The normalized spacial score (nSPS) is 15.9. The average Bonchev–Trinajstić information content (AvgIpc) is 2.59. The summed E-state index contributed by atoms with van der Waals surface area (Å²) in [7, 11) is 0. The van der Waals surface area contributed by atoms with Gasteiger partial charge in [0.1, 0.15) is 0 Å². The number of benzene rings is 2. The Balaban J connectivity index is 1.94. The zero-order valence-electron chi connectivity index (χ0n) is 16.3. The number of fused-ring (bicyclic) bond motifs is 1. The molecule has 2 aromatic rings. The van der Waals surface area contributed by atoms with Crippen molar-refractivity contribution in [2.45, 2.75) is 46.6 Å². The maximum Gasteiger partial charge on any atom is 0.0633 e. The van der Waals surface area contributed by atoms with Crippen molar-refractivity contribution in [3.63, 3.8) is 0 Å². The van der Waals surface area contributed by atoms with Crippen LogP contribution in [0.5, 0.6) is 0 Å². The van der Waals surface area contributed by atoms with Crippen LogP contribution in [0.3, 0.4) is 0 Å². The summed E-state index contributed by atoms with van der Waals surface area (Å²) < 4.78 is 1.27. The molecule has 136 valence electrons. The minimum Gasteiger partial charge on any atom is -0.362 e. The van der Waals surface area contributed by atoms with Gasteiger partial charge in [0.15, 0.2) is 0 Å². The van der Waals surface area contributed by atoms with Crippen LogP contribution < -0.4 is 4.90 Å². The third kappa shape index (κ3) is 3.88. The molecule has 0 fully saturated rings. The fraction of sp³-hybridized carbons (Fsp3) is 0.348. The summed E-state index contributed by atoms with van der Waals surface area (Å²) in [5.74, 6) is 0. The van der Waals surface area contributed by atoms with E-state index in [4.69, 9.17) is 0 Å². The summed E-state index contributed by atoms with van der Waals surface area (Å²) >= 11 is 2.36. The van der Waals surface area contributed by atoms with Crippen molar-refractivity contribution in [3.8, 4) is 0 Å². The van der Waals surface area contributed by atoms with Crippen LogP contribution in [0.4, 0.5) is 11.4 Å². The number of allylic oxidation sites excluding steroid dienone is 1. The Morgan fingerprint density at radius 1 is 1.12 bits per heavy atom. The zero-order chi connectivity index (χ0) is 18.9. The molecule has 0 bridgehead atoms. The van der Waals surface area contributed by atoms with Gasteiger partial charge in [0.2, 0.25) is 0 Å². The summed E-state index contributed by atoms with van der Waals surface area (Å²) in [6.07, 6.45) is 5.50. The molecule has 0 aliphatic carbocycles. The molecule has 2 aromatic carbocycles. The Morgan fingerprint density at radius 3 is 2.58 bits per heavy atom. The lowest BCUT2D eigenvalue weighted by molar-refractivity contribution is 0.550. The van der Waals surface area contributed by atoms with Gasteiger partial charge in [-0.15, -0.1) is 0 Å². The van der Waals surface area contributed by atoms with Gasteiger partial charge in [0.05, 0.1) is 11.2 Å². The van der Waals surface area contributed by atoms with Crippen molar-refractivity contribution in [1.29, 1.82) is 0 Å². The summed E-state index contributed by atoms with van der Waals surface area (Å²) in [4.78, 5) is 7.19. The minimum absolute atomic E-state index is 0.0570. The largest absolute Gasteiger partial charge is 0.362 e. The van der Waals surface area contributed by atoms with Crippen molar-refractivity contribution in [2.24, 2.45) is 4.99 Å². The highest BCUT2D eigenvalue weighted by molar-refractivity contribution is 14.1. The topological polar surface area (TPSA) is 15.6 Å². The molecule has 0 spiro atoms. The van der Waals surface area contributed by atoms with E-state index in [-0.39, 0.29) is 5.54 Å². The summed E-state index contributed by atoms with van der Waals surface area (Å²) in [6.45, 7) is 12.2. The summed E-state index contributed by atoms with van der Waals surface area (Å²) in [5, 5.41) is 0. The smallest absolute Gasteiger partial charge is 0.0633 e. The molecule has 0 N–H and O–H groups in total.